The molecule has 0 atom stereocenters. The number of para-hydroxylation sites is 1. The van der Waals surface area contributed by atoms with E-state index in [0.29, 0.717) is 30.1 Å². The quantitative estimate of drug-likeness (QED) is 0.673. The van der Waals surface area contributed by atoms with Gasteiger partial charge in [-0.1, -0.05) is 24.3 Å². The lowest BCUT2D eigenvalue weighted by atomic mass is 10.2. The van der Waals surface area contributed by atoms with Crippen LogP contribution in [0.3, 0.4) is 0 Å². The first-order chi connectivity index (χ1) is 14.4. The van der Waals surface area contributed by atoms with E-state index in [-0.39, 0.29) is 10.5 Å². The highest BCUT2D eigenvalue weighted by Gasteiger charge is 2.31. The highest BCUT2D eigenvalue weighted by Crippen LogP contribution is 2.33. The van der Waals surface area contributed by atoms with Crippen LogP contribution < -0.4 is 14.4 Å². The molecule has 1 aliphatic heterocycles. The average Bonchev–Trinajstić information content (AvgIpc) is 3.19. The van der Waals surface area contributed by atoms with E-state index in [0.717, 1.165) is 17.7 Å². The number of halogens is 1. The number of ether oxygens (including phenoxy) is 1. The van der Waals surface area contributed by atoms with Crippen molar-refractivity contribution >= 4 is 27.3 Å². The Morgan fingerprint density at radius 2 is 1.87 bits per heavy atom. The highest BCUT2D eigenvalue weighted by atomic mass is 32.2. The lowest BCUT2D eigenvalue weighted by Gasteiger charge is -2.20. The van der Waals surface area contributed by atoms with Crippen LogP contribution in [-0.4, -0.2) is 28.0 Å². The number of sulfonamides is 1. The molecular formula is C22H19FN2O4S. The zero-order chi connectivity index (χ0) is 21.3. The second-order valence-electron chi connectivity index (χ2n) is 6.78. The molecule has 0 saturated heterocycles. The summed E-state index contributed by atoms with van der Waals surface area (Å²) in [6.07, 6.45) is 0.597. The fourth-order valence-corrected chi connectivity index (χ4v) is 4.95. The predicted molar refractivity (Wildman–Crippen MR) is 112 cm³/mol. The first-order valence-corrected chi connectivity index (χ1v) is 10.7. The van der Waals surface area contributed by atoms with Gasteiger partial charge in [-0.25, -0.2) is 12.8 Å². The van der Waals surface area contributed by atoms with Gasteiger partial charge in [0, 0.05) is 18.3 Å². The lowest BCUT2D eigenvalue weighted by Crippen LogP contribution is -2.29. The SMILES string of the molecule is COc1cccc(NC(=O)c2cc(S(=O)(=O)N3CCc4ccccc43)ccc2F)c1. The molecule has 0 aliphatic carbocycles. The minimum Gasteiger partial charge on any atom is -0.497 e. The number of hydrogen-bond acceptors (Lipinski definition) is 4. The van der Waals surface area contributed by atoms with Crippen molar-refractivity contribution in [1.82, 2.24) is 0 Å². The molecule has 0 unspecified atom stereocenters. The number of carbonyl (C=O) groups excluding carboxylic acids is 1. The van der Waals surface area contributed by atoms with Crippen LogP contribution in [0.5, 0.6) is 5.75 Å². The lowest BCUT2D eigenvalue weighted by molar-refractivity contribution is 0.102. The molecule has 30 heavy (non-hydrogen) atoms. The standard InChI is InChI=1S/C22H19FN2O4S/c1-29-17-7-4-6-16(13-17)24-22(26)19-14-18(9-10-20(19)23)30(27,28)25-12-11-15-5-2-3-8-21(15)25/h2-10,13-14H,11-12H2,1H3,(H,24,26). The van der Waals surface area contributed by atoms with Crippen molar-refractivity contribution in [2.45, 2.75) is 11.3 Å². The summed E-state index contributed by atoms with van der Waals surface area (Å²) in [4.78, 5) is 12.5. The second-order valence-corrected chi connectivity index (χ2v) is 8.65. The molecular weight excluding hydrogens is 407 g/mol. The van der Waals surface area contributed by atoms with Crippen molar-refractivity contribution in [2.24, 2.45) is 0 Å². The molecule has 0 fully saturated rings. The number of hydrogen-bond donors (Lipinski definition) is 1. The summed E-state index contributed by atoms with van der Waals surface area (Å²) < 4.78 is 47.1. The van der Waals surface area contributed by atoms with Gasteiger partial charge in [0.1, 0.15) is 11.6 Å². The van der Waals surface area contributed by atoms with Crippen LogP contribution in [0.25, 0.3) is 0 Å². The molecule has 3 aromatic carbocycles. The Morgan fingerprint density at radius 3 is 2.67 bits per heavy atom. The fourth-order valence-electron chi connectivity index (χ4n) is 3.42. The molecule has 0 bridgehead atoms. The van der Waals surface area contributed by atoms with Gasteiger partial charge in [0.05, 0.1) is 23.3 Å². The van der Waals surface area contributed by atoms with E-state index in [1.807, 2.05) is 12.1 Å². The molecule has 1 heterocycles. The normalized spacial score (nSPS) is 13.1. The maximum absolute atomic E-state index is 14.4. The van der Waals surface area contributed by atoms with Crippen molar-refractivity contribution < 1.29 is 22.3 Å². The van der Waals surface area contributed by atoms with Gasteiger partial charge in [-0.2, -0.15) is 0 Å². The number of nitrogens with one attached hydrogen (secondary N) is 1. The molecule has 0 saturated carbocycles. The summed E-state index contributed by atoms with van der Waals surface area (Å²) in [5.74, 6) is -1.03. The van der Waals surface area contributed by atoms with E-state index in [1.165, 1.54) is 17.5 Å². The molecule has 0 spiro atoms. The zero-order valence-corrected chi connectivity index (χ0v) is 16.9. The summed E-state index contributed by atoms with van der Waals surface area (Å²) in [5, 5.41) is 2.57. The third-order valence-electron chi connectivity index (χ3n) is 4.94. The number of methoxy groups -OCH3 is 1. The monoisotopic (exact) mass is 426 g/mol. The van der Waals surface area contributed by atoms with E-state index in [4.69, 9.17) is 4.74 Å². The van der Waals surface area contributed by atoms with Crippen LogP contribution in [-0.2, 0) is 16.4 Å². The topological polar surface area (TPSA) is 75.7 Å². The summed E-state index contributed by atoms with van der Waals surface area (Å²) in [7, 11) is -2.45. The second kappa shape index (κ2) is 7.79. The smallest absolute Gasteiger partial charge is 0.264 e. The van der Waals surface area contributed by atoms with E-state index < -0.39 is 21.7 Å². The fraction of sp³-hybridized carbons (Fsp3) is 0.136. The largest absolute Gasteiger partial charge is 0.497 e. The van der Waals surface area contributed by atoms with Crippen LogP contribution in [0.1, 0.15) is 15.9 Å². The molecule has 154 valence electrons. The molecule has 8 heteroatoms. The third-order valence-corrected chi connectivity index (χ3v) is 6.75. The molecule has 6 nitrogen and oxygen atoms in total. The van der Waals surface area contributed by atoms with Gasteiger partial charge in [0.2, 0.25) is 0 Å². The number of rotatable bonds is 5. The van der Waals surface area contributed by atoms with E-state index in [2.05, 4.69) is 5.32 Å². The molecule has 0 aromatic heterocycles. The summed E-state index contributed by atoms with van der Waals surface area (Å²) >= 11 is 0. The Bertz CT molecular complexity index is 1230. The first kappa shape index (κ1) is 19.9. The number of anilines is 2. The van der Waals surface area contributed by atoms with Gasteiger partial charge >= 0.3 is 0 Å². The minimum absolute atomic E-state index is 0.142. The number of benzene rings is 3. The maximum Gasteiger partial charge on any atom is 0.264 e. The van der Waals surface area contributed by atoms with Gasteiger partial charge in [-0.15, -0.1) is 0 Å². The highest BCUT2D eigenvalue weighted by molar-refractivity contribution is 7.92. The van der Waals surface area contributed by atoms with Crippen LogP contribution in [0.15, 0.2) is 71.6 Å². The van der Waals surface area contributed by atoms with Gasteiger partial charge < -0.3 is 10.1 Å². The molecule has 3 aromatic rings. The number of carbonyl (C=O) groups is 1. The zero-order valence-electron chi connectivity index (χ0n) is 16.1. The van der Waals surface area contributed by atoms with Crippen LogP contribution in [0, 0.1) is 5.82 Å². The minimum atomic E-state index is -3.94. The van der Waals surface area contributed by atoms with E-state index >= 15 is 0 Å². The van der Waals surface area contributed by atoms with Gasteiger partial charge in [-0.3, -0.25) is 9.10 Å². The van der Waals surface area contributed by atoms with E-state index in [9.17, 15) is 17.6 Å². The molecule has 0 radical (unpaired) electrons. The molecule has 1 N–H and O–H groups in total. The summed E-state index contributed by atoms with van der Waals surface area (Å²) in [5.41, 5.74) is 1.58. The van der Waals surface area contributed by atoms with Crippen molar-refractivity contribution in [3.63, 3.8) is 0 Å². The summed E-state index contributed by atoms with van der Waals surface area (Å²) in [6, 6.07) is 17.1. The maximum atomic E-state index is 14.4. The van der Waals surface area contributed by atoms with Crippen molar-refractivity contribution in [1.29, 1.82) is 0 Å². The number of nitrogens with zero attached hydrogens (tertiary/aromatic N) is 1. The molecule has 1 aliphatic rings. The van der Waals surface area contributed by atoms with Gasteiger partial charge in [0.25, 0.3) is 15.9 Å². The Morgan fingerprint density at radius 1 is 1.07 bits per heavy atom. The van der Waals surface area contributed by atoms with Crippen LogP contribution in [0.2, 0.25) is 0 Å². The number of amides is 1. The first-order valence-electron chi connectivity index (χ1n) is 9.26. The van der Waals surface area contributed by atoms with Crippen molar-refractivity contribution in [3.8, 4) is 5.75 Å². The Balaban J connectivity index is 1.65. The number of fused-ring (bicyclic) bond motifs is 1. The Kier molecular flexibility index (Phi) is 5.17. The predicted octanol–water partition coefficient (Wildman–Crippen LogP) is 3.84. The van der Waals surface area contributed by atoms with Crippen LogP contribution in [0.4, 0.5) is 15.8 Å². The Labute approximate surface area is 174 Å². The van der Waals surface area contributed by atoms with Crippen molar-refractivity contribution in [3.05, 3.63) is 83.7 Å². The van der Waals surface area contributed by atoms with Gasteiger partial charge in [-0.05, 0) is 48.4 Å². The van der Waals surface area contributed by atoms with Crippen molar-refractivity contribution in [2.75, 3.05) is 23.3 Å². The van der Waals surface area contributed by atoms with E-state index in [1.54, 1.807) is 36.4 Å². The van der Waals surface area contributed by atoms with Gasteiger partial charge in [0.15, 0.2) is 0 Å². The Hall–Kier alpha value is -3.39. The third kappa shape index (κ3) is 3.61. The van der Waals surface area contributed by atoms with Crippen LogP contribution >= 0.6 is 0 Å². The molecule has 4 rings (SSSR count). The average molecular weight is 426 g/mol. The summed E-state index contributed by atoms with van der Waals surface area (Å²) in [6.45, 7) is 0.296. The molecule has 1 amide bonds.